The first-order valence-corrected chi connectivity index (χ1v) is 12.3. The molecule has 2 aliphatic rings. The number of hydrogen-bond acceptors (Lipinski definition) is 5. The number of benzene rings is 3. The number of nitrogens with zero attached hydrogens (tertiary/aromatic N) is 2. The number of halogens is 2. The van der Waals surface area contributed by atoms with E-state index in [9.17, 15) is 14.3 Å². The number of hydrogen-bond donors (Lipinski definition) is 1. The van der Waals surface area contributed by atoms with Crippen LogP contribution in [0.3, 0.4) is 0 Å². The number of anilines is 1. The van der Waals surface area contributed by atoms with E-state index in [4.69, 9.17) is 9.15 Å². The highest BCUT2D eigenvalue weighted by molar-refractivity contribution is 5.84. The van der Waals surface area contributed by atoms with Crippen molar-refractivity contribution in [2.45, 2.75) is 53.1 Å². The molecule has 0 amide bonds. The second-order valence-corrected chi connectivity index (χ2v) is 9.89. The van der Waals surface area contributed by atoms with Gasteiger partial charge in [-0.1, -0.05) is 0 Å². The minimum absolute atomic E-state index is 0.175. The van der Waals surface area contributed by atoms with E-state index in [1.165, 1.54) is 18.2 Å². The molecule has 0 spiro atoms. The summed E-state index contributed by atoms with van der Waals surface area (Å²) in [6, 6.07) is 6.09. The number of oxazole rings is 1. The molecule has 2 aliphatic heterocycles. The van der Waals surface area contributed by atoms with Gasteiger partial charge < -0.3 is 19.2 Å². The van der Waals surface area contributed by atoms with E-state index in [2.05, 4.69) is 4.98 Å². The molecule has 1 N–H and O–H groups in total. The molecule has 0 aliphatic carbocycles. The average molecular weight is 505 g/mol. The largest absolute Gasteiger partial charge is 0.490 e. The second-order valence-electron chi connectivity index (χ2n) is 9.89. The van der Waals surface area contributed by atoms with Crippen molar-refractivity contribution >= 4 is 23.1 Å². The van der Waals surface area contributed by atoms with Crippen LogP contribution in [0, 0.1) is 32.4 Å². The number of carboxylic acid groups (broad SMARTS) is 1. The van der Waals surface area contributed by atoms with Gasteiger partial charge in [-0.15, -0.1) is 0 Å². The first kappa shape index (κ1) is 23.5. The molecule has 0 unspecified atom stereocenters. The van der Waals surface area contributed by atoms with Crippen molar-refractivity contribution in [3.8, 4) is 16.9 Å². The summed E-state index contributed by atoms with van der Waals surface area (Å²) >= 11 is 0. The van der Waals surface area contributed by atoms with E-state index in [0.29, 0.717) is 53.7 Å². The minimum atomic E-state index is -0.945. The molecule has 0 bridgehead atoms. The summed E-state index contributed by atoms with van der Waals surface area (Å²) in [6.45, 7) is 7.32. The van der Waals surface area contributed by atoms with Gasteiger partial charge in [0.1, 0.15) is 11.3 Å². The molecule has 0 fully saturated rings. The van der Waals surface area contributed by atoms with Crippen molar-refractivity contribution in [1.82, 2.24) is 4.98 Å². The molecule has 0 saturated heterocycles. The van der Waals surface area contributed by atoms with Gasteiger partial charge in [-0.2, -0.15) is 4.98 Å². The molecule has 0 saturated carbocycles. The number of carboxylic acids is 1. The number of rotatable bonds is 4. The molecular weight excluding hydrogens is 478 g/mol. The Bertz CT molecular complexity index is 1610. The van der Waals surface area contributed by atoms with E-state index >= 15 is 4.39 Å². The van der Waals surface area contributed by atoms with E-state index in [1.54, 1.807) is 6.07 Å². The second kappa shape index (κ2) is 8.57. The Kier molecular flexibility index (Phi) is 5.44. The number of carbonyl (C=O) groups is 1. The lowest BCUT2D eigenvalue weighted by molar-refractivity contribution is -0.136. The van der Waals surface area contributed by atoms with Gasteiger partial charge in [-0.3, -0.25) is 4.79 Å². The molecule has 3 heterocycles. The maximum absolute atomic E-state index is 15.2. The quantitative estimate of drug-likeness (QED) is 0.358. The predicted molar refractivity (Wildman–Crippen MR) is 135 cm³/mol. The molecule has 190 valence electrons. The Morgan fingerprint density at radius 2 is 1.81 bits per heavy atom. The number of aliphatic carboxylic acids is 1. The molecule has 0 radical (unpaired) electrons. The summed E-state index contributed by atoms with van der Waals surface area (Å²) < 4.78 is 40.4. The molecule has 8 heteroatoms. The normalized spacial score (nSPS) is 14.6. The molecule has 4 aromatic rings. The maximum Gasteiger partial charge on any atom is 0.307 e. The monoisotopic (exact) mass is 504 g/mol. The third-order valence-corrected chi connectivity index (χ3v) is 7.74. The summed E-state index contributed by atoms with van der Waals surface area (Å²) in [5.74, 6) is -1.44. The minimum Gasteiger partial charge on any atom is -0.490 e. The molecule has 6 nitrogen and oxygen atoms in total. The van der Waals surface area contributed by atoms with Crippen LogP contribution in [0.2, 0.25) is 0 Å². The lowest BCUT2D eigenvalue weighted by Crippen LogP contribution is -2.14. The Morgan fingerprint density at radius 3 is 2.57 bits per heavy atom. The molecule has 3 aromatic carbocycles. The van der Waals surface area contributed by atoms with Crippen LogP contribution < -0.4 is 9.64 Å². The summed E-state index contributed by atoms with van der Waals surface area (Å²) in [7, 11) is 0. The fraction of sp³-hybridized carbons (Fsp3) is 0.310. The lowest BCUT2D eigenvalue weighted by Gasteiger charge is -2.25. The fourth-order valence-electron chi connectivity index (χ4n) is 5.88. The van der Waals surface area contributed by atoms with Crippen LogP contribution in [0.25, 0.3) is 22.2 Å². The van der Waals surface area contributed by atoms with Crippen molar-refractivity contribution in [2.24, 2.45) is 0 Å². The Hall–Kier alpha value is -3.94. The SMILES string of the molecule is Cc1c(-c2c(C)c3c(c(C)c2CC(=O)O)CN(c2nc4cc(F)ccc4o2)C3)cc(F)c2c1CCCO2. The molecule has 0 atom stereocenters. The first-order valence-electron chi connectivity index (χ1n) is 12.3. The lowest BCUT2D eigenvalue weighted by atomic mass is 9.81. The van der Waals surface area contributed by atoms with E-state index in [1.807, 2.05) is 25.7 Å². The van der Waals surface area contributed by atoms with Gasteiger partial charge in [-0.05, 0) is 96.3 Å². The topological polar surface area (TPSA) is 75.8 Å². The van der Waals surface area contributed by atoms with Gasteiger partial charge in [0.05, 0.1) is 13.0 Å². The first-order chi connectivity index (χ1) is 17.7. The number of aromatic nitrogens is 1. The van der Waals surface area contributed by atoms with Gasteiger partial charge in [-0.25, -0.2) is 8.78 Å². The van der Waals surface area contributed by atoms with Crippen LogP contribution in [-0.4, -0.2) is 22.7 Å². The van der Waals surface area contributed by atoms with Crippen LogP contribution in [0.4, 0.5) is 14.8 Å². The van der Waals surface area contributed by atoms with Gasteiger partial charge in [0.2, 0.25) is 0 Å². The third-order valence-electron chi connectivity index (χ3n) is 7.74. The van der Waals surface area contributed by atoms with Crippen LogP contribution in [0.1, 0.15) is 45.4 Å². The van der Waals surface area contributed by atoms with Gasteiger partial charge in [0.15, 0.2) is 17.1 Å². The Morgan fingerprint density at radius 1 is 1.05 bits per heavy atom. The van der Waals surface area contributed by atoms with Crippen molar-refractivity contribution in [2.75, 3.05) is 11.5 Å². The third kappa shape index (κ3) is 3.74. The number of ether oxygens (including phenoxy) is 1. The van der Waals surface area contributed by atoms with Crippen molar-refractivity contribution in [3.63, 3.8) is 0 Å². The molecule has 37 heavy (non-hydrogen) atoms. The van der Waals surface area contributed by atoms with Crippen LogP contribution in [-0.2, 0) is 30.7 Å². The smallest absolute Gasteiger partial charge is 0.307 e. The average Bonchev–Trinajstić information content (AvgIpc) is 3.50. The summed E-state index contributed by atoms with van der Waals surface area (Å²) in [5.41, 5.74) is 8.71. The van der Waals surface area contributed by atoms with E-state index < -0.39 is 11.8 Å². The molecule has 1 aromatic heterocycles. The zero-order valence-electron chi connectivity index (χ0n) is 20.9. The van der Waals surface area contributed by atoms with Crippen LogP contribution in [0.5, 0.6) is 5.75 Å². The maximum atomic E-state index is 15.2. The van der Waals surface area contributed by atoms with Crippen molar-refractivity contribution in [3.05, 3.63) is 74.8 Å². The molecular formula is C29H26F2N2O4. The van der Waals surface area contributed by atoms with E-state index in [-0.39, 0.29) is 12.2 Å². The number of fused-ring (bicyclic) bond motifs is 3. The van der Waals surface area contributed by atoms with Gasteiger partial charge in [0.25, 0.3) is 6.01 Å². The predicted octanol–water partition coefficient (Wildman–Crippen LogP) is 6.17. The highest BCUT2D eigenvalue weighted by atomic mass is 19.1. The summed E-state index contributed by atoms with van der Waals surface area (Å²) in [6.07, 6.45) is 1.35. The Labute approximate surface area is 212 Å². The van der Waals surface area contributed by atoms with Gasteiger partial charge in [0, 0.05) is 24.7 Å². The fourth-order valence-corrected chi connectivity index (χ4v) is 5.88. The van der Waals surface area contributed by atoms with Crippen molar-refractivity contribution in [1.29, 1.82) is 0 Å². The standard InChI is InChI=1S/C29H26F2N2O4/c1-14-18-5-4-8-36-28(18)23(31)10-19(14)27-16(3)22-13-33(12-21(22)15(2)20(27)11-26(34)35)29-32-24-9-17(30)6-7-25(24)37-29/h6-7,9-10H,4-5,8,11-13H2,1-3H3,(H,34,35). The Balaban J connectivity index is 1.51. The van der Waals surface area contributed by atoms with Crippen molar-refractivity contribution < 1.29 is 27.8 Å². The molecule has 6 rings (SSSR count). The van der Waals surface area contributed by atoms with Crippen LogP contribution >= 0.6 is 0 Å². The van der Waals surface area contributed by atoms with Crippen LogP contribution in [0.15, 0.2) is 28.7 Å². The highest BCUT2D eigenvalue weighted by Gasteiger charge is 2.32. The van der Waals surface area contributed by atoms with E-state index in [0.717, 1.165) is 51.8 Å². The van der Waals surface area contributed by atoms with Gasteiger partial charge >= 0.3 is 5.97 Å². The highest BCUT2D eigenvalue weighted by Crippen LogP contribution is 2.44. The zero-order chi connectivity index (χ0) is 26.0. The summed E-state index contributed by atoms with van der Waals surface area (Å²) in [5, 5.41) is 9.79. The summed E-state index contributed by atoms with van der Waals surface area (Å²) in [4.78, 5) is 18.4. The zero-order valence-corrected chi connectivity index (χ0v) is 20.9.